The summed E-state index contributed by atoms with van der Waals surface area (Å²) >= 11 is 0. The number of aromatic amines is 1. The maximum absolute atomic E-state index is 10.3. The molecule has 0 saturated carbocycles. The fraction of sp³-hybridized carbons (Fsp3) is 0.556. The summed E-state index contributed by atoms with van der Waals surface area (Å²) in [5.41, 5.74) is 1.05. The van der Waals surface area contributed by atoms with Gasteiger partial charge in [-0.1, -0.05) is 13.0 Å². The van der Waals surface area contributed by atoms with Crippen LogP contribution in [-0.2, 0) is 4.74 Å². The van der Waals surface area contributed by atoms with E-state index in [1.807, 2.05) is 30.5 Å². The van der Waals surface area contributed by atoms with Gasteiger partial charge in [0.25, 0.3) is 0 Å². The van der Waals surface area contributed by atoms with E-state index in [-0.39, 0.29) is 12.2 Å². The zero-order valence-corrected chi connectivity index (χ0v) is 13.9. The largest absolute Gasteiger partial charge is 0.490 e. The van der Waals surface area contributed by atoms with Crippen molar-refractivity contribution >= 4 is 10.9 Å². The first-order chi connectivity index (χ1) is 11.2. The van der Waals surface area contributed by atoms with Crippen LogP contribution in [0.2, 0.25) is 0 Å². The van der Waals surface area contributed by atoms with Crippen molar-refractivity contribution in [3.8, 4) is 5.75 Å². The summed E-state index contributed by atoms with van der Waals surface area (Å²) < 4.78 is 11.7. The molecule has 3 atom stereocenters. The fourth-order valence-electron chi connectivity index (χ4n) is 3.23. The van der Waals surface area contributed by atoms with Gasteiger partial charge >= 0.3 is 0 Å². The molecule has 126 valence electrons. The first-order valence-electron chi connectivity index (χ1n) is 8.40. The summed E-state index contributed by atoms with van der Waals surface area (Å²) in [6.45, 7) is 6.88. The van der Waals surface area contributed by atoms with Crippen molar-refractivity contribution in [2.45, 2.75) is 38.6 Å². The summed E-state index contributed by atoms with van der Waals surface area (Å²) in [4.78, 5) is 5.44. The van der Waals surface area contributed by atoms with Crippen LogP contribution in [0.3, 0.4) is 0 Å². The minimum atomic E-state index is -0.507. The number of rotatable bonds is 6. The number of hydrogen-bond donors (Lipinski definition) is 2. The third-order valence-corrected chi connectivity index (χ3v) is 4.31. The standard InChI is InChI=1S/C18H26N2O3/c1-3-15-11-20(9-13(2)23-15)10-14(21)12-22-18-6-4-5-17-16(18)7-8-19-17/h4-8,13-15,19,21H,3,9-12H2,1-2H3. The molecule has 3 unspecified atom stereocenters. The topological polar surface area (TPSA) is 57.7 Å². The number of hydrogen-bond acceptors (Lipinski definition) is 4. The summed E-state index contributed by atoms with van der Waals surface area (Å²) in [6.07, 6.45) is 2.87. The highest BCUT2D eigenvalue weighted by molar-refractivity contribution is 5.85. The van der Waals surface area contributed by atoms with Gasteiger partial charge < -0.3 is 19.6 Å². The van der Waals surface area contributed by atoms with E-state index in [1.54, 1.807) is 0 Å². The molecule has 0 radical (unpaired) electrons. The maximum atomic E-state index is 10.3. The Kier molecular flexibility index (Phi) is 5.20. The first-order valence-corrected chi connectivity index (χ1v) is 8.40. The number of aliphatic hydroxyl groups excluding tert-OH is 1. The summed E-state index contributed by atoms with van der Waals surface area (Å²) in [6, 6.07) is 7.90. The molecule has 1 saturated heterocycles. The molecule has 1 aliphatic heterocycles. The molecular weight excluding hydrogens is 292 g/mol. The molecular formula is C18H26N2O3. The molecule has 0 spiro atoms. The van der Waals surface area contributed by atoms with E-state index < -0.39 is 6.10 Å². The van der Waals surface area contributed by atoms with Crippen LogP contribution in [0.15, 0.2) is 30.5 Å². The number of nitrogens with one attached hydrogen (secondary N) is 1. The van der Waals surface area contributed by atoms with Gasteiger partial charge in [-0.15, -0.1) is 0 Å². The minimum absolute atomic E-state index is 0.218. The van der Waals surface area contributed by atoms with E-state index in [0.717, 1.165) is 36.2 Å². The Labute approximate surface area is 137 Å². The van der Waals surface area contributed by atoms with Crippen LogP contribution in [0, 0.1) is 0 Å². The van der Waals surface area contributed by atoms with Gasteiger partial charge in [0.15, 0.2) is 0 Å². The number of aliphatic hydroxyl groups is 1. The van der Waals surface area contributed by atoms with Gasteiger partial charge in [-0.25, -0.2) is 0 Å². The van der Waals surface area contributed by atoms with Crippen LogP contribution in [-0.4, -0.2) is 59.5 Å². The van der Waals surface area contributed by atoms with E-state index in [0.29, 0.717) is 13.2 Å². The Morgan fingerprint density at radius 1 is 1.39 bits per heavy atom. The van der Waals surface area contributed by atoms with Crippen LogP contribution in [0.25, 0.3) is 10.9 Å². The van der Waals surface area contributed by atoms with E-state index in [2.05, 4.69) is 23.7 Å². The lowest BCUT2D eigenvalue weighted by Gasteiger charge is -2.37. The molecule has 2 aromatic rings. The monoisotopic (exact) mass is 318 g/mol. The molecule has 1 aromatic carbocycles. The molecule has 0 bridgehead atoms. The van der Waals surface area contributed by atoms with Gasteiger partial charge in [0.2, 0.25) is 0 Å². The number of benzene rings is 1. The predicted molar refractivity (Wildman–Crippen MR) is 90.9 cm³/mol. The molecule has 23 heavy (non-hydrogen) atoms. The lowest BCUT2D eigenvalue weighted by Crippen LogP contribution is -2.49. The van der Waals surface area contributed by atoms with Crippen molar-refractivity contribution in [1.82, 2.24) is 9.88 Å². The second kappa shape index (κ2) is 7.34. The molecule has 1 aliphatic rings. The molecule has 1 aromatic heterocycles. The van der Waals surface area contributed by atoms with Crippen molar-refractivity contribution < 1.29 is 14.6 Å². The van der Waals surface area contributed by atoms with Crippen LogP contribution in [0.5, 0.6) is 5.75 Å². The van der Waals surface area contributed by atoms with Crippen LogP contribution in [0.1, 0.15) is 20.3 Å². The lowest BCUT2D eigenvalue weighted by molar-refractivity contribution is -0.0873. The molecule has 5 nitrogen and oxygen atoms in total. The zero-order chi connectivity index (χ0) is 16.2. The average Bonchev–Trinajstić information content (AvgIpc) is 3.01. The second-order valence-electron chi connectivity index (χ2n) is 6.36. The van der Waals surface area contributed by atoms with Crippen molar-refractivity contribution in [1.29, 1.82) is 0 Å². The summed E-state index contributed by atoms with van der Waals surface area (Å²) in [7, 11) is 0. The third-order valence-electron chi connectivity index (χ3n) is 4.31. The van der Waals surface area contributed by atoms with Crippen molar-refractivity contribution in [3.05, 3.63) is 30.5 Å². The number of fused-ring (bicyclic) bond motifs is 1. The second-order valence-corrected chi connectivity index (χ2v) is 6.36. The van der Waals surface area contributed by atoms with Gasteiger partial charge in [0, 0.05) is 36.7 Å². The first kappa shape index (κ1) is 16.3. The smallest absolute Gasteiger partial charge is 0.128 e. The Morgan fingerprint density at radius 2 is 2.26 bits per heavy atom. The Balaban J connectivity index is 1.53. The van der Waals surface area contributed by atoms with Gasteiger partial charge in [-0.3, -0.25) is 4.90 Å². The van der Waals surface area contributed by atoms with Gasteiger partial charge in [-0.2, -0.15) is 0 Å². The average molecular weight is 318 g/mol. The number of β-amino-alcohol motifs (C(OH)–C–C–N with tert-alkyl or cyclic N) is 1. The maximum Gasteiger partial charge on any atom is 0.128 e. The van der Waals surface area contributed by atoms with E-state index in [1.165, 1.54) is 0 Å². The number of ether oxygens (including phenoxy) is 2. The van der Waals surface area contributed by atoms with E-state index >= 15 is 0 Å². The molecule has 5 heteroatoms. The van der Waals surface area contributed by atoms with Crippen molar-refractivity contribution in [2.75, 3.05) is 26.2 Å². The van der Waals surface area contributed by atoms with Gasteiger partial charge in [0.1, 0.15) is 18.5 Å². The van der Waals surface area contributed by atoms with Crippen molar-refractivity contribution in [3.63, 3.8) is 0 Å². The van der Waals surface area contributed by atoms with E-state index in [4.69, 9.17) is 9.47 Å². The highest BCUT2D eigenvalue weighted by atomic mass is 16.5. The third kappa shape index (κ3) is 4.05. The van der Waals surface area contributed by atoms with E-state index in [9.17, 15) is 5.11 Å². The number of morpholine rings is 1. The number of H-pyrrole nitrogens is 1. The van der Waals surface area contributed by atoms with Crippen LogP contribution >= 0.6 is 0 Å². The Hall–Kier alpha value is -1.56. The molecule has 1 fully saturated rings. The fourth-order valence-corrected chi connectivity index (χ4v) is 3.23. The molecule has 3 rings (SSSR count). The molecule has 2 N–H and O–H groups in total. The zero-order valence-electron chi connectivity index (χ0n) is 13.9. The Morgan fingerprint density at radius 3 is 3.09 bits per heavy atom. The van der Waals surface area contributed by atoms with Gasteiger partial charge in [-0.05, 0) is 31.5 Å². The molecule has 2 heterocycles. The highest BCUT2D eigenvalue weighted by Crippen LogP contribution is 2.24. The normalized spacial score (nSPS) is 24.0. The highest BCUT2D eigenvalue weighted by Gasteiger charge is 2.25. The van der Waals surface area contributed by atoms with Gasteiger partial charge in [0.05, 0.1) is 12.2 Å². The summed E-state index contributed by atoms with van der Waals surface area (Å²) in [5, 5.41) is 11.4. The molecule has 0 aliphatic carbocycles. The lowest BCUT2D eigenvalue weighted by atomic mass is 10.1. The quantitative estimate of drug-likeness (QED) is 0.859. The number of nitrogens with zero attached hydrogens (tertiary/aromatic N) is 1. The predicted octanol–water partition coefficient (Wildman–Crippen LogP) is 2.41. The minimum Gasteiger partial charge on any atom is -0.490 e. The number of aromatic nitrogens is 1. The van der Waals surface area contributed by atoms with Crippen LogP contribution in [0.4, 0.5) is 0 Å². The summed E-state index contributed by atoms with van der Waals surface area (Å²) in [5.74, 6) is 0.810. The molecule has 0 amide bonds. The SMILES string of the molecule is CCC1CN(CC(O)COc2cccc3[nH]ccc23)CC(C)O1. The Bertz CT molecular complexity index is 628. The van der Waals surface area contributed by atoms with Crippen LogP contribution < -0.4 is 4.74 Å². The van der Waals surface area contributed by atoms with Crippen molar-refractivity contribution in [2.24, 2.45) is 0 Å².